The van der Waals surface area contributed by atoms with Crippen molar-refractivity contribution in [1.29, 1.82) is 0 Å². The highest BCUT2D eigenvalue weighted by molar-refractivity contribution is 7.95. The first-order valence-corrected chi connectivity index (χ1v) is 11.7. The van der Waals surface area contributed by atoms with E-state index in [4.69, 9.17) is 4.74 Å². The normalized spacial score (nSPS) is 25.6. The molecular weight excluding hydrogens is 368 g/mol. The van der Waals surface area contributed by atoms with Crippen molar-refractivity contribution in [3.05, 3.63) is 12.7 Å². The molecule has 0 aromatic heterocycles. The summed E-state index contributed by atoms with van der Waals surface area (Å²) in [5.74, 6) is -0.540. The highest BCUT2D eigenvalue weighted by Crippen LogP contribution is 2.23. The maximum Gasteiger partial charge on any atom is 0.251 e. The van der Waals surface area contributed by atoms with Gasteiger partial charge in [0, 0.05) is 26.2 Å². The molecule has 0 radical (unpaired) electrons. The molecule has 0 aromatic carbocycles. The van der Waals surface area contributed by atoms with Gasteiger partial charge in [-0.15, -0.1) is 6.58 Å². The van der Waals surface area contributed by atoms with Gasteiger partial charge in [0.25, 0.3) is 5.91 Å². The van der Waals surface area contributed by atoms with Gasteiger partial charge in [-0.3, -0.25) is 4.79 Å². The minimum absolute atomic E-state index is 0.0745. The van der Waals surface area contributed by atoms with Crippen molar-refractivity contribution in [2.75, 3.05) is 44.3 Å². The van der Waals surface area contributed by atoms with E-state index in [1.54, 1.807) is 17.9 Å². The molecule has 2 atom stereocenters. The third kappa shape index (κ3) is 5.02. The summed E-state index contributed by atoms with van der Waals surface area (Å²) in [6.45, 7) is 6.62. The molecule has 2 fully saturated rings. The summed E-state index contributed by atoms with van der Waals surface area (Å²) >= 11 is 0. The Balaban J connectivity index is 1.88. The van der Waals surface area contributed by atoms with E-state index in [1.807, 2.05) is 0 Å². The van der Waals surface area contributed by atoms with Crippen LogP contribution in [0.1, 0.15) is 19.8 Å². The number of sulfone groups is 1. The summed E-state index contributed by atoms with van der Waals surface area (Å²) in [5.41, 5.74) is 0. The fraction of sp³-hybridized carbons (Fsp3) is 0.800. The van der Waals surface area contributed by atoms with E-state index in [1.165, 1.54) is 4.31 Å². The molecule has 2 saturated heterocycles. The number of carbonyl (C=O) groups is 1. The lowest BCUT2D eigenvalue weighted by molar-refractivity contribution is -0.143. The van der Waals surface area contributed by atoms with E-state index < -0.39 is 31.2 Å². The second-order valence-corrected chi connectivity index (χ2v) is 10.8. The number of nitrogens with zero attached hydrogens (tertiary/aromatic N) is 2. The maximum absolute atomic E-state index is 12.6. The van der Waals surface area contributed by atoms with Gasteiger partial charge in [-0.05, 0) is 19.8 Å². The van der Waals surface area contributed by atoms with Crippen molar-refractivity contribution in [1.82, 2.24) is 9.21 Å². The summed E-state index contributed by atoms with van der Waals surface area (Å²) in [4.78, 5) is 13.9. The van der Waals surface area contributed by atoms with E-state index in [9.17, 15) is 21.6 Å². The molecule has 0 spiro atoms. The largest absolute Gasteiger partial charge is 0.368 e. The highest BCUT2D eigenvalue weighted by atomic mass is 32.2. The van der Waals surface area contributed by atoms with Crippen LogP contribution in [-0.4, -0.2) is 87.6 Å². The van der Waals surface area contributed by atoms with Gasteiger partial charge in [-0.1, -0.05) is 6.08 Å². The van der Waals surface area contributed by atoms with Gasteiger partial charge in [-0.25, -0.2) is 16.8 Å². The van der Waals surface area contributed by atoms with Crippen molar-refractivity contribution >= 4 is 25.8 Å². The fourth-order valence-electron chi connectivity index (χ4n) is 3.03. The summed E-state index contributed by atoms with van der Waals surface area (Å²) in [6, 6.07) is 0. The van der Waals surface area contributed by atoms with E-state index in [0.717, 1.165) is 0 Å². The van der Waals surface area contributed by atoms with Crippen molar-refractivity contribution in [3.8, 4) is 0 Å². The van der Waals surface area contributed by atoms with Crippen molar-refractivity contribution in [2.45, 2.75) is 31.1 Å². The molecule has 1 amide bonds. The lowest BCUT2D eigenvalue weighted by Gasteiger charge is -2.36. The zero-order valence-electron chi connectivity index (χ0n) is 14.5. The smallest absolute Gasteiger partial charge is 0.251 e. The van der Waals surface area contributed by atoms with Gasteiger partial charge < -0.3 is 9.64 Å². The van der Waals surface area contributed by atoms with Crippen molar-refractivity contribution in [3.63, 3.8) is 0 Å². The predicted octanol–water partition coefficient (Wildman–Crippen LogP) is -0.371. The van der Waals surface area contributed by atoms with E-state index in [2.05, 4.69) is 6.58 Å². The molecule has 144 valence electrons. The van der Waals surface area contributed by atoms with Crippen LogP contribution in [0.3, 0.4) is 0 Å². The third-order valence-corrected chi connectivity index (χ3v) is 8.87. The molecule has 0 aromatic rings. The van der Waals surface area contributed by atoms with Gasteiger partial charge >= 0.3 is 0 Å². The first-order chi connectivity index (χ1) is 11.7. The Morgan fingerprint density at radius 3 is 2.48 bits per heavy atom. The molecule has 0 saturated carbocycles. The SMILES string of the molecule is C=CCCOC(C)C(=O)N1CCN(S(=O)(=O)C2CCS(=O)(=O)C2)CC1. The minimum atomic E-state index is -3.65. The number of amides is 1. The van der Waals surface area contributed by atoms with Crippen LogP contribution in [0.5, 0.6) is 0 Å². The Bertz CT molecular complexity index is 696. The first kappa shape index (κ1) is 20.3. The number of piperazine rings is 1. The van der Waals surface area contributed by atoms with Crippen LogP contribution in [0.2, 0.25) is 0 Å². The van der Waals surface area contributed by atoms with E-state index >= 15 is 0 Å². The van der Waals surface area contributed by atoms with Crippen LogP contribution in [0.4, 0.5) is 0 Å². The van der Waals surface area contributed by atoms with Crippen LogP contribution in [-0.2, 0) is 29.4 Å². The van der Waals surface area contributed by atoms with Gasteiger partial charge in [0.15, 0.2) is 9.84 Å². The quantitative estimate of drug-likeness (QED) is 0.431. The second kappa shape index (κ2) is 8.15. The molecule has 2 aliphatic rings. The van der Waals surface area contributed by atoms with Gasteiger partial charge in [0.05, 0.1) is 23.4 Å². The Kier molecular flexibility index (Phi) is 6.63. The predicted molar refractivity (Wildman–Crippen MR) is 94.4 cm³/mol. The van der Waals surface area contributed by atoms with Crippen LogP contribution >= 0.6 is 0 Å². The number of rotatable bonds is 7. The van der Waals surface area contributed by atoms with Gasteiger partial charge in [-0.2, -0.15) is 4.31 Å². The molecule has 0 aliphatic carbocycles. The first-order valence-electron chi connectivity index (χ1n) is 8.38. The zero-order chi connectivity index (χ0) is 18.7. The number of ether oxygens (including phenoxy) is 1. The monoisotopic (exact) mass is 394 g/mol. The van der Waals surface area contributed by atoms with E-state index in [-0.39, 0.29) is 50.0 Å². The molecule has 2 aliphatic heterocycles. The number of hydrogen-bond acceptors (Lipinski definition) is 6. The minimum Gasteiger partial charge on any atom is -0.368 e. The summed E-state index contributed by atoms with van der Waals surface area (Å²) in [6.07, 6.45) is 1.94. The lowest BCUT2D eigenvalue weighted by atomic mass is 10.3. The number of hydrogen-bond donors (Lipinski definition) is 0. The topological polar surface area (TPSA) is 101 Å². The lowest BCUT2D eigenvalue weighted by Crippen LogP contribution is -2.54. The third-order valence-electron chi connectivity index (χ3n) is 4.56. The molecule has 2 unspecified atom stereocenters. The maximum atomic E-state index is 12.6. The number of carbonyl (C=O) groups excluding carboxylic acids is 1. The summed E-state index contributed by atoms with van der Waals surface area (Å²) in [7, 11) is -6.90. The molecule has 0 N–H and O–H groups in total. The molecular formula is C15H26N2O6S2. The van der Waals surface area contributed by atoms with Crippen LogP contribution < -0.4 is 0 Å². The molecule has 2 rings (SSSR count). The van der Waals surface area contributed by atoms with Crippen molar-refractivity contribution in [2.24, 2.45) is 0 Å². The molecule has 0 bridgehead atoms. The average Bonchev–Trinajstić information content (AvgIpc) is 2.95. The van der Waals surface area contributed by atoms with Crippen LogP contribution in [0.15, 0.2) is 12.7 Å². The summed E-state index contributed by atoms with van der Waals surface area (Å²) < 4.78 is 55.0. The molecule has 10 heteroatoms. The van der Waals surface area contributed by atoms with E-state index in [0.29, 0.717) is 13.0 Å². The molecule has 8 nitrogen and oxygen atoms in total. The zero-order valence-corrected chi connectivity index (χ0v) is 16.1. The average molecular weight is 395 g/mol. The van der Waals surface area contributed by atoms with Crippen LogP contribution in [0, 0.1) is 0 Å². The van der Waals surface area contributed by atoms with Gasteiger partial charge in [0.1, 0.15) is 6.10 Å². The Morgan fingerprint density at radius 2 is 1.96 bits per heavy atom. The highest BCUT2D eigenvalue weighted by Gasteiger charge is 2.41. The Morgan fingerprint density at radius 1 is 1.32 bits per heavy atom. The standard InChI is InChI=1S/C15H26N2O6S2/c1-3-4-10-23-13(2)15(18)16-6-8-17(9-7-16)25(21,22)14-5-11-24(19,20)12-14/h3,13-14H,1,4-12H2,2H3. The Hall–Kier alpha value is -0.970. The number of sulfonamides is 1. The second-order valence-electron chi connectivity index (χ2n) is 6.38. The Labute approximate surface area is 149 Å². The van der Waals surface area contributed by atoms with Gasteiger partial charge in [0.2, 0.25) is 10.0 Å². The van der Waals surface area contributed by atoms with Crippen molar-refractivity contribution < 1.29 is 26.4 Å². The molecule has 2 heterocycles. The molecule has 25 heavy (non-hydrogen) atoms. The van der Waals surface area contributed by atoms with Crippen LogP contribution in [0.25, 0.3) is 0 Å². The fourth-order valence-corrected chi connectivity index (χ4v) is 7.54. The summed E-state index contributed by atoms with van der Waals surface area (Å²) in [5, 5.41) is -0.860.